The third kappa shape index (κ3) is 3.17. The van der Waals surface area contributed by atoms with Gasteiger partial charge in [0.1, 0.15) is 5.69 Å². The number of benzene rings is 1. The number of hydrogen-bond acceptors (Lipinski definition) is 4. The molecule has 1 saturated heterocycles. The summed E-state index contributed by atoms with van der Waals surface area (Å²) in [5, 5.41) is 9.48. The van der Waals surface area contributed by atoms with Crippen LogP contribution in [0, 0.1) is 0 Å². The van der Waals surface area contributed by atoms with Gasteiger partial charge in [-0.15, -0.1) is 0 Å². The van der Waals surface area contributed by atoms with Crippen molar-refractivity contribution in [1.29, 1.82) is 0 Å². The van der Waals surface area contributed by atoms with Gasteiger partial charge in [-0.3, -0.25) is 4.79 Å². The Morgan fingerprint density at radius 2 is 1.78 bits per heavy atom. The number of amides is 1. The molecule has 1 aliphatic rings. The number of carboxylic acid groups (broad SMARTS) is 1. The molecule has 6 nitrogen and oxygen atoms in total. The van der Waals surface area contributed by atoms with Crippen LogP contribution in [0.4, 0.5) is 0 Å². The van der Waals surface area contributed by atoms with E-state index in [0.717, 1.165) is 24.6 Å². The van der Waals surface area contributed by atoms with Crippen LogP contribution in [0.2, 0.25) is 5.02 Å². The van der Waals surface area contributed by atoms with Crippen molar-refractivity contribution in [3.8, 4) is 0 Å². The first-order valence-electron chi connectivity index (χ1n) is 7.18. The number of aromatic carboxylic acids is 1. The van der Waals surface area contributed by atoms with Gasteiger partial charge < -0.3 is 10.0 Å². The van der Waals surface area contributed by atoms with Gasteiger partial charge in [-0.05, 0) is 30.5 Å². The molecular weight excluding hydrogens is 318 g/mol. The lowest BCUT2D eigenvalue weighted by molar-refractivity contribution is 0.0683. The molecule has 1 aromatic carbocycles. The topological polar surface area (TPSA) is 83.4 Å². The summed E-state index contributed by atoms with van der Waals surface area (Å²) in [6, 6.07) is 7.41. The summed E-state index contributed by atoms with van der Waals surface area (Å²) in [7, 11) is 0. The number of rotatable bonds is 3. The predicted octanol–water partition coefficient (Wildman–Crippen LogP) is 2.81. The van der Waals surface area contributed by atoms with E-state index in [0.29, 0.717) is 11.6 Å². The third-order valence-corrected chi connectivity index (χ3v) is 4.11. The Morgan fingerprint density at radius 1 is 1.13 bits per heavy atom. The van der Waals surface area contributed by atoms with Crippen LogP contribution in [0.5, 0.6) is 0 Å². The van der Waals surface area contributed by atoms with Gasteiger partial charge in [0, 0.05) is 11.6 Å². The lowest BCUT2D eigenvalue weighted by Crippen LogP contribution is -2.31. The van der Waals surface area contributed by atoms with Crippen LogP contribution in [-0.4, -0.2) is 38.4 Å². The number of halogens is 1. The van der Waals surface area contributed by atoms with Crippen molar-refractivity contribution in [2.75, 3.05) is 6.54 Å². The van der Waals surface area contributed by atoms with E-state index in [2.05, 4.69) is 9.97 Å². The molecule has 1 N–H and O–H groups in total. The quantitative estimate of drug-likeness (QED) is 0.935. The number of nitrogens with zero attached hydrogens (tertiary/aromatic N) is 3. The van der Waals surface area contributed by atoms with Crippen molar-refractivity contribution in [3.63, 3.8) is 0 Å². The fourth-order valence-electron chi connectivity index (χ4n) is 2.74. The molecule has 1 atom stereocenters. The normalized spacial score (nSPS) is 17.3. The highest BCUT2D eigenvalue weighted by Crippen LogP contribution is 2.33. The highest BCUT2D eigenvalue weighted by atomic mass is 35.5. The number of carbonyl (C=O) groups excluding carboxylic acids is 1. The summed E-state index contributed by atoms with van der Waals surface area (Å²) >= 11 is 5.91. The summed E-state index contributed by atoms with van der Waals surface area (Å²) in [4.78, 5) is 32.9. The number of likely N-dealkylation sites (tertiary alicyclic amines) is 1. The maximum absolute atomic E-state index is 12.6. The molecule has 0 radical (unpaired) electrons. The van der Waals surface area contributed by atoms with Crippen LogP contribution in [0.15, 0.2) is 36.7 Å². The summed E-state index contributed by atoms with van der Waals surface area (Å²) in [6.07, 6.45) is 4.08. The van der Waals surface area contributed by atoms with Gasteiger partial charge in [0.05, 0.1) is 18.4 Å². The first-order chi connectivity index (χ1) is 11.1. The van der Waals surface area contributed by atoms with E-state index >= 15 is 0 Å². The molecule has 0 saturated carbocycles. The van der Waals surface area contributed by atoms with Crippen LogP contribution in [-0.2, 0) is 0 Å². The molecular formula is C16H14ClN3O3. The SMILES string of the molecule is O=C(O)c1cnc(C(=O)N2CCCC2c2ccc(Cl)cc2)cn1. The van der Waals surface area contributed by atoms with E-state index in [-0.39, 0.29) is 23.3 Å². The Labute approximate surface area is 137 Å². The molecule has 2 heterocycles. The molecule has 118 valence electrons. The van der Waals surface area contributed by atoms with Crippen molar-refractivity contribution in [2.24, 2.45) is 0 Å². The van der Waals surface area contributed by atoms with Crippen LogP contribution >= 0.6 is 11.6 Å². The number of carboxylic acids is 1. The highest BCUT2D eigenvalue weighted by Gasteiger charge is 2.31. The Kier molecular flexibility index (Phi) is 4.25. The average Bonchev–Trinajstić information content (AvgIpc) is 3.04. The van der Waals surface area contributed by atoms with Crippen LogP contribution < -0.4 is 0 Å². The van der Waals surface area contributed by atoms with E-state index in [1.54, 1.807) is 17.0 Å². The second kappa shape index (κ2) is 6.34. The van der Waals surface area contributed by atoms with Gasteiger partial charge in [0.15, 0.2) is 5.69 Å². The largest absolute Gasteiger partial charge is 0.476 e. The van der Waals surface area contributed by atoms with Crippen LogP contribution in [0.3, 0.4) is 0 Å². The van der Waals surface area contributed by atoms with Crippen molar-refractivity contribution < 1.29 is 14.7 Å². The molecule has 0 spiro atoms. The minimum Gasteiger partial charge on any atom is -0.476 e. The van der Waals surface area contributed by atoms with Crippen LogP contribution in [0.1, 0.15) is 45.4 Å². The van der Waals surface area contributed by atoms with Gasteiger partial charge in [-0.1, -0.05) is 23.7 Å². The zero-order valence-electron chi connectivity index (χ0n) is 12.1. The minimum absolute atomic E-state index is 0.0271. The molecule has 1 aromatic heterocycles. The smallest absolute Gasteiger partial charge is 0.356 e. The van der Waals surface area contributed by atoms with Crippen molar-refractivity contribution in [1.82, 2.24) is 14.9 Å². The second-order valence-electron chi connectivity index (χ2n) is 5.30. The zero-order valence-corrected chi connectivity index (χ0v) is 12.9. The first-order valence-corrected chi connectivity index (χ1v) is 7.56. The summed E-state index contributed by atoms with van der Waals surface area (Å²) in [6.45, 7) is 0.633. The Hall–Kier alpha value is -2.47. The Morgan fingerprint density at radius 3 is 2.39 bits per heavy atom. The monoisotopic (exact) mass is 331 g/mol. The van der Waals surface area contributed by atoms with Crippen molar-refractivity contribution in [2.45, 2.75) is 18.9 Å². The van der Waals surface area contributed by atoms with Gasteiger partial charge in [0.2, 0.25) is 0 Å². The molecule has 1 fully saturated rings. The van der Waals surface area contributed by atoms with Gasteiger partial charge in [0.25, 0.3) is 5.91 Å². The maximum atomic E-state index is 12.6. The lowest BCUT2D eigenvalue weighted by atomic mass is 10.0. The zero-order chi connectivity index (χ0) is 16.4. The molecule has 7 heteroatoms. The molecule has 1 amide bonds. The molecule has 0 aliphatic carbocycles. The molecule has 3 rings (SSSR count). The van der Waals surface area contributed by atoms with E-state index in [1.807, 2.05) is 12.1 Å². The van der Waals surface area contributed by atoms with E-state index in [1.165, 1.54) is 6.20 Å². The molecule has 1 unspecified atom stereocenters. The first kappa shape index (κ1) is 15.4. The van der Waals surface area contributed by atoms with Gasteiger partial charge in [-0.25, -0.2) is 14.8 Å². The van der Waals surface area contributed by atoms with E-state index < -0.39 is 5.97 Å². The second-order valence-corrected chi connectivity index (χ2v) is 5.74. The van der Waals surface area contributed by atoms with Gasteiger partial charge >= 0.3 is 5.97 Å². The van der Waals surface area contributed by atoms with E-state index in [9.17, 15) is 9.59 Å². The maximum Gasteiger partial charge on any atom is 0.356 e. The Balaban J connectivity index is 1.82. The minimum atomic E-state index is -1.17. The predicted molar refractivity (Wildman–Crippen MR) is 83.5 cm³/mol. The van der Waals surface area contributed by atoms with Crippen molar-refractivity contribution in [3.05, 3.63) is 58.6 Å². The molecule has 1 aliphatic heterocycles. The van der Waals surface area contributed by atoms with Crippen molar-refractivity contribution >= 4 is 23.5 Å². The van der Waals surface area contributed by atoms with Crippen LogP contribution in [0.25, 0.3) is 0 Å². The lowest BCUT2D eigenvalue weighted by Gasteiger charge is -2.24. The third-order valence-electron chi connectivity index (χ3n) is 3.86. The highest BCUT2D eigenvalue weighted by molar-refractivity contribution is 6.30. The number of aromatic nitrogens is 2. The number of carbonyl (C=O) groups is 2. The molecule has 0 bridgehead atoms. The number of hydrogen-bond donors (Lipinski definition) is 1. The molecule has 23 heavy (non-hydrogen) atoms. The fourth-order valence-corrected chi connectivity index (χ4v) is 2.86. The van der Waals surface area contributed by atoms with Gasteiger partial charge in [-0.2, -0.15) is 0 Å². The summed E-state index contributed by atoms with van der Waals surface area (Å²) in [5.74, 6) is -1.41. The standard InChI is InChI=1S/C16H14ClN3O3/c17-11-5-3-10(4-6-11)14-2-1-7-20(14)15(21)12-8-19-13(9-18-12)16(22)23/h3-6,8-9,14H,1-2,7H2,(H,22,23). The van der Waals surface area contributed by atoms with E-state index in [4.69, 9.17) is 16.7 Å². The molecule has 2 aromatic rings. The summed E-state index contributed by atoms with van der Waals surface area (Å²) < 4.78 is 0. The average molecular weight is 332 g/mol. The Bertz CT molecular complexity index is 731. The fraction of sp³-hybridized carbons (Fsp3) is 0.250. The summed E-state index contributed by atoms with van der Waals surface area (Å²) in [5.41, 5.74) is 0.989.